The number of aryl methyl sites for hydroxylation is 1. The van der Waals surface area contributed by atoms with Crippen molar-refractivity contribution in [2.75, 3.05) is 11.4 Å². The maximum absolute atomic E-state index is 2.77. The van der Waals surface area contributed by atoms with Crippen LogP contribution in [0.1, 0.15) is 78.9 Å². The molecular formula is C26H39NS. The first-order valence-corrected chi connectivity index (χ1v) is 12.3. The van der Waals surface area contributed by atoms with Crippen LogP contribution < -0.4 is 4.90 Å². The van der Waals surface area contributed by atoms with Crippen LogP contribution in [0.4, 0.5) is 5.69 Å². The van der Waals surface area contributed by atoms with E-state index in [1.54, 1.807) is 27.3 Å². The Balaban J connectivity index is 1.81. The number of allylic oxidation sites excluding steroid dienone is 2. The normalized spacial score (nSPS) is 35.4. The van der Waals surface area contributed by atoms with Gasteiger partial charge in [-0.3, -0.25) is 0 Å². The number of thioether (sulfide) groups is 1. The lowest BCUT2D eigenvalue weighted by atomic mass is 9.77. The van der Waals surface area contributed by atoms with Gasteiger partial charge in [-0.2, -0.15) is 0 Å². The van der Waals surface area contributed by atoms with Crippen LogP contribution >= 0.6 is 11.8 Å². The number of nitrogens with zero attached hydrogens (tertiary/aromatic N) is 1. The standard InChI is InChI=1S/C26H39NS/c1-9-27-21(26(6,7)8)14-13-19-11-10-12-20(24(19)27)23-16(3)15(2)22-17(4)18(5)28-25(22)23/h10-12,15-16,21-23,25H,9,13-14H2,1-8H3. The summed E-state index contributed by atoms with van der Waals surface area (Å²) in [6.45, 7) is 20.5. The first-order chi connectivity index (χ1) is 13.2. The monoisotopic (exact) mass is 397 g/mol. The number of benzene rings is 1. The topological polar surface area (TPSA) is 3.24 Å². The van der Waals surface area contributed by atoms with E-state index >= 15 is 0 Å². The highest BCUT2D eigenvalue weighted by molar-refractivity contribution is 8.04. The molecule has 1 fully saturated rings. The van der Waals surface area contributed by atoms with Gasteiger partial charge in [-0.25, -0.2) is 0 Å². The Morgan fingerprint density at radius 2 is 1.75 bits per heavy atom. The third-order valence-corrected chi connectivity index (χ3v) is 9.77. The largest absolute Gasteiger partial charge is 0.368 e. The minimum atomic E-state index is 0.314. The third-order valence-electron chi connectivity index (χ3n) is 8.24. The van der Waals surface area contributed by atoms with E-state index in [9.17, 15) is 0 Å². The van der Waals surface area contributed by atoms with E-state index in [-0.39, 0.29) is 0 Å². The molecule has 2 heteroatoms. The van der Waals surface area contributed by atoms with E-state index in [1.165, 1.54) is 12.8 Å². The van der Waals surface area contributed by atoms with Crippen molar-refractivity contribution in [2.24, 2.45) is 23.2 Å². The Bertz CT molecular complexity index is 786. The van der Waals surface area contributed by atoms with Crippen molar-refractivity contribution >= 4 is 17.4 Å². The van der Waals surface area contributed by atoms with Crippen LogP contribution in [0.25, 0.3) is 0 Å². The maximum Gasteiger partial charge on any atom is 0.0437 e. The number of rotatable bonds is 2. The van der Waals surface area contributed by atoms with E-state index in [0.29, 0.717) is 17.4 Å². The zero-order chi connectivity index (χ0) is 20.4. The number of fused-ring (bicyclic) bond motifs is 2. The Kier molecular flexibility index (Phi) is 5.18. The lowest BCUT2D eigenvalue weighted by Gasteiger charge is -2.47. The summed E-state index contributed by atoms with van der Waals surface area (Å²) in [5.41, 5.74) is 6.82. The van der Waals surface area contributed by atoms with Crippen molar-refractivity contribution in [3.63, 3.8) is 0 Å². The van der Waals surface area contributed by atoms with Gasteiger partial charge in [0, 0.05) is 29.4 Å². The minimum absolute atomic E-state index is 0.314. The lowest BCUT2D eigenvalue weighted by Crippen LogP contribution is -2.47. The van der Waals surface area contributed by atoms with Crippen LogP contribution in [0.3, 0.4) is 0 Å². The smallest absolute Gasteiger partial charge is 0.0437 e. The van der Waals surface area contributed by atoms with Crippen molar-refractivity contribution in [3.8, 4) is 0 Å². The molecule has 0 amide bonds. The quantitative estimate of drug-likeness (QED) is 0.516. The van der Waals surface area contributed by atoms with Gasteiger partial charge in [0.2, 0.25) is 0 Å². The number of para-hydroxylation sites is 1. The van der Waals surface area contributed by atoms with Gasteiger partial charge >= 0.3 is 0 Å². The second kappa shape index (κ2) is 7.11. The second-order valence-corrected chi connectivity index (χ2v) is 12.0. The van der Waals surface area contributed by atoms with Crippen LogP contribution in [-0.2, 0) is 6.42 Å². The molecule has 28 heavy (non-hydrogen) atoms. The molecule has 0 radical (unpaired) electrons. The summed E-state index contributed by atoms with van der Waals surface area (Å²) >= 11 is 2.18. The van der Waals surface area contributed by atoms with Gasteiger partial charge in [0.05, 0.1) is 0 Å². The van der Waals surface area contributed by atoms with Crippen LogP contribution in [0.15, 0.2) is 28.7 Å². The second-order valence-electron chi connectivity index (χ2n) is 10.7. The van der Waals surface area contributed by atoms with Crippen molar-refractivity contribution < 1.29 is 0 Å². The molecule has 3 aliphatic rings. The molecule has 0 bridgehead atoms. The van der Waals surface area contributed by atoms with E-state index in [2.05, 4.69) is 90.3 Å². The number of hydrogen-bond acceptors (Lipinski definition) is 2. The highest BCUT2D eigenvalue weighted by atomic mass is 32.2. The predicted molar refractivity (Wildman–Crippen MR) is 125 cm³/mol. The Morgan fingerprint density at radius 1 is 1.07 bits per heavy atom. The van der Waals surface area contributed by atoms with Crippen LogP contribution in [0.5, 0.6) is 0 Å². The third kappa shape index (κ3) is 2.97. The highest BCUT2D eigenvalue weighted by Crippen LogP contribution is 2.62. The van der Waals surface area contributed by atoms with E-state index in [0.717, 1.165) is 29.5 Å². The van der Waals surface area contributed by atoms with Gasteiger partial charge in [-0.05, 0) is 72.8 Å². The molecule has 154 valence electrons. The summed E-state index contributed by atoms with van der Waals surface area (Å²) in [7, 11) is 0. The van der Waals surface area contributed by atoms with E-state index < -0.39 is 0 Å². The summed E-state index contributed by atoms with van der Waals surface area (Å²) in [6, 6.07) is 7.86. The molecule has 2 aliphatic heterocycles. The zero-order valence-corrected chi connectivity index (χ0v) is 20.0. The molecule has 6 atom stereocenters. The van der Waals surface area contributed by atoms with Gasteiger partial charge < -0.3 is 4.90 Å². The molecule has 1 aromatic carbocycles. The van der Waals surface area contributed by atoms with Crippen molar-refractivity contribution in [3.05, 3.63) is 39.8 Å². The molecule has 0 spiro atoms. The van der Waals surface area contributed by atoms with Crippen LogP contribution in [-0.4, -0.2) is 17.8 Å². The highest BCUT2D eigenvalue weighted by Gasteiger charge is 2.52. The Labute approximate surface area is 177 Å². The SMILES string of the molecule is CCN1c2c(cccc2C2C(C)C(C)C3C(C)=C(C)SC32)CCC1C(C)(C)C. The summed E-state index contributed by atoms with van der Waals surface area (Å²) in [6.07, 6.45) is 2.51. The van der Waals surface area contributed by atoms with Gasteiger partial charge in [0.25, 0.3) is 0 Å². The number of anilines is 1. The Morgan fingerprint density at radius 3 is 2.39 bits per heavy atom. The maximum atomic E-state index is 2.77. The molecule has 0 aromatic heterocycles. The molecule has 1 nitrogen and oxygen atoms in total. The van der Waals surface area contributed by atoms with E-state index in [4.69, 9.17) is 0 Å². The molecule has 6 unspecified atom stereocenters. The molecular weight excluding hydrogens is 358 g/mol. The summed E-state index contributed by atoms with van der Waals surface area (Å²) in [5, 5.41) is 0.727. The van der Waals surface area contributed by atoms with Crippen molar-refractivity contribution in [2.45, 2.75) is 85.4 Å². The van der Waals surface area contributed by atoms with Crippen molar-refractivity contribution in [1.29, 1.82) is 0 Å². The lowest BCUT2D eigenvalue weighted by molar-refractivity contribution is 0.282. The Hall–Kier alpha value is -0.890. The average Bonchev–Trinajstić information content (AvgIpc) is 3.06. The molecule has 4 rings (SSSR count). The van der Waals surface area contributed by atoms with Crippen LogP contribution in [0, 0.1) is 23.2 Å². The van der Waals surface area contributed by atoms with Gasteiger partial charge in [0.1, 0.15) is 0 Å². The van der Waals surface area contributed by atoms with E-state index in [1.807, 2.05) is 0 Å². The van der Waals surface area contributed by atoms with Gasteiger partial charge in [-0.15, -0.1) is 11.8 Å². The average molecular weight is 398 g/mol. The molecule has 0 N–H and O–H groups in total. The minimum Gasteiger partial charge on any atom is -0.368 e. The fraction of sp³-hybridized carbons (Fsp3) is 0.692. The molecule has 2 heterocycles. The first kappa shape index (κ1) is 20.4. The summed E-state index contributed by atoms with van der Waals surface area (Å²) < 4.78 is 0. The summed E-state index contributed by atoms with van der Waals surface area (Å²) in [4.78, 5) is 4.36. The van der Waals surface area contributed by atoms with Gasteiger partial charge in [-0.1, -0.05) is 58.4 Å². The molecule has 1 saturated carbocycles. The fourth-order valence-electron chi connectivity index (χ4n) is 6.57. The fourth-order valence-corrected chi connectivity index (χ4v) is 8.44. The number of hydrogen-bond donors (Lipinski definition) is 0. The molecule has 0 saturated heterocycles. The molecule has 1 aliphatic carbocycles. The predicted octanol–water partition coefficient (Wildman–Crippen LogP) is 7.27. The molecule has 1 aromatic rings. The zero-order valence-electron chi connectivity index (χ0n) is 19.2. The summed E-state index contributed by atoms with van der Waals surface area (Å²) in [5.74, 6) is 2.94. The van der Waals surface area contributed by atoms with Crippen LogP contribution in [0.2, 0.25) is 0 Å². The first-order valence-electron chi connectivity index (χ1n) is 11.4. The van der Waals surface area contributed by atoms with Gasteiger partial charge in [0.15, 0.2) is 0 Å². The van der Waals surface area contributed by atoms with Crippen molar-refractivity contribution in [1.82, 2.24) is 0 Å².